The van der Waals surface area contributed by atoms with Crippen molar-refractivity contribution < 1.29 is 9.90 Å². The number of aromatic amines is 1. The van der Waals surface area contributed by atoms with Crippen LogP contribution in [0.4, 0.5) is 0 Å². The fraction of sp³-hybridized carbons (Fsp3) is 0.207. The number of aryl methyl sites for hydroxylation is 2. The van der Waals surface area contributed by atoms with E-state index in [1.165, 1.54) is 5.56 Å². The number of nitrogens with one attached hydrogen (secondary N) is 1. The average Bonchev–Trinajstić information content (AvgIpc) is 3.14. The first-order valence-electron chi connectivity index (χ1n) is 11.2. The van der Waals surface area contributed by atoms with Crippen LogP contribution in [0.1, 0.15) is 47.2 Å². The molecule has 0 aliphatic heterocycles. The second-order valence-corrected chi connectivity index (χ2v) is 8.77. The van der Waals surface area contributed by atoms with Crippen molar-refractivity contribution in [2.45, 2.75) is 38.5 Å². The van der Waals surface area contributed by atoms with Gasteiger partial charge in [0.15, 0.2) is 5.78 Å². The van der Waals surface area contributed by atoms with E-state index in [1.54, 1.807) is 0 Å². The molecule has 160 valence electrons. The molecule has 32 heavy (non-hydrogen) atoms. The molecule has 0 radical (unpaired) electrons. The Morgan fingerprint density at radius 2 is 1.59 bits per heavy atom. The van der Waals surface area contributed by atoms with Crippen molar-refractivity contribution in [1.29, 1.82) is 0 Å². The van der Waals surface area contributed by atoms with Gasteiger partial charge in [-0.2, -0.15) is 0 Å². The number of hydrogen-bond donors (Lipinski definition) is 2. The van der Waals surface area contributed by atoms with Gasteiger partial charge in [-0.1, -0.05) is 79.2 Å². The molecule has 2 N–H and O–H groups in total. The lowest BCUT2D eigenvalue weighted by atomic mass is 9.58. The minimum absolute atomic E-state index is 0.00629. The summed E-state index contributed by atoms with van der Waals surface area (Å²) in [5.74, 6) is -0.147. The van der Waals surface area contributed by atoms with Gasteiger partial charge >= 0.3 is 0 Å². The van der Waals surface area contributed by atoms with Crippen molar-refractivity contribution in [2.24, 2.45) is 0 Å². The fourth-order valence-electron chi connectivity index (χ4n) is 5.28. The topological polar surface area (TPSA) is 53.1 Å². The number of aliphatic hydroxyl groups is 1. The number of rotatable bonds is 5. The lowest BCUT2D eigenvalue weighted by molar-refractivity contribution is -0.124. The number of Topliss-reactive ketones (excluding diaryl/α,β-unsaturated/α-hetero) is 1. The molecule has 2 unspecified atom stereocenters. The highest BCUT2D eigenvalue weighted by molar-refractivity contribution is 6.15. The third-order valence-corrected chi connectivity index (χ3v) is 7.05. The third-order valence-electron chi connectivity index (χ3n) is 7.05. The number of aromatic nitrogens is 1. The maximum atomic E-state index is 13.9. The molecule has 0 spiro atoms. The van der Waals surface area contributed by atoms with Gasteiger partial charge in [-0.05, 0) is 49.1 Å². The van der Waals surface area contributed by atoms with Crippen LogP contribution in [0, 0.1) is 13.8 Å². The summed E-state index contributed by atoms with van der Waals surface area (Å²) in [7, 11) is 0. The van der Waals surface area contributed by atoms with Gasteiger partial charge in [-0.15, -0.1) is 0 Å². The number of H-pyrrole nitrogens is 1. The highest BCUT2D eigenvalue weighted by Crippen LogP contribution is 2.53. The van der Waals surface area contributed by atoms with Crippen molar-refractivity contribution in [3.63, 3.8) is 0 Å². The number of ketones is 1. The molecule has 1 aromatic heterocycles. The molecule has 1 heterocycles. The lowest BCUT2D eigenvalue weighted by Gasteiger charge is -2.43. The van der Waals surface area contributed by atoms with Crippen molar-refractivity contribution >= 4 is 16.7 Å². The van der Waals surface area contributed by atoms with Crippen LogP contribution in [0.2, 0.25) is 0 Å². The molecular weight excluding hydrogens is 394 g/mol. The van der Waals surface area contributed by atoms with Gasteiger partial charge in [0, 0.05) is 22.2 Å². The van der Waals surface area contributed by atoms with Gasteiger partial charge in [0.2, 0.25) is 0 Å². The number of fused-ring (bicyclic) bond motifs is 1. The minimum atomic E-state index is -0.958. The number of allylic oxidation sites excluding steroid dienone is 2. The molecule has 3 nitrogen and oxygen atoms in total. The van der Waals surface area contributed by atoms with Crippen LogP contribution < -0.4 is 0 Å². The Hall–Kier alpha value is -3.59. The molecule has 0 amide bonds. The smallest absolute Gasteiger partial charge is 0.181 e. The predicted molar refractivity (Wildman–Crippen MR) is 129 cm³/mol. The van der Waals surface area contributed by atoms with E-state index in [9.17, 15) is 9.90 Å². The Morgan fingerprint density at radius 3 is 2.22 bits per heavy atom. The molecule has 1 aliphatic rings. The maximum Gasteiger partial charge on any atom is 0.181 e. The van der Waals surface area contributed by atoms with Crippen LogP contribution in [0.25, 0.3) is 10.9 Å². The first-order valence-corrected chi connectivity index (χ1v) is 11.2. The van der Waals surface area contributed by atoms with Crippen LogP contribution in [-0.2, 0) is 10.2 Å². The van der Waals surface area contributed by atoms with E-state index in [0.29, 0.717) is 12.0 Å². The van der Waals surface area contributed by atoms with Crippen LogP contribution in [0.15, 0.2) is 90.2 Å². The molecule has 0 bridgehead atoms. The molecule has 3 heteroatoms. The molecule has 0 saturated heterocycles. The average molecular weight is 422 g/mol. The molecule has 3 aromatic carbocycles. The largest absolute Gasteiger partial charge is 0.510 e. The van der Waals surface area contributed by atoms with Gasteiger partial charge in [0.05, 0.1) is 5.92 Å². The predicted octanol–water partition coefficient (Wildman–Crippen LogP) is 6.66. The molecule has 0 fully saturated rings. The second kappa shape index (κ2) is 7.52. The standard InChI is InChI=1S/C29H27NO2/c1-4-29(21-13-9-6-10-14-21)27(31)25(28(29)32)24(20-11-7-5-8-12-20)26-19(3)22-17-18(2)15-16-23(22)30-26/h5-17,24,30-31H,4H2,1-3H3. The van der Waals surface area contributed by atoms with Crippen LogP contribution in [0.5, 0.6) is 0 Å². The van der Waals surface area contributed by atoms with E-state index in [4.69, 9.17) is 0 Å². The van der Waals surface area contributed by atoms with Gasteiger partial charge in [0.1, 0.15) is 11.2 Å². The molecule has 1 aliphatic carbocycles. The summed E-state index contributed by atoms with van der Waals surface area (Å²) in [6.07, 6.45) is 0.525. The quantitative estimate of drug-likeness (QED) is 0.379. The van der Waals surface area contributed by atoms with E-state index in [1.807, 2.05) is 67.6 Å². The molecule has 2 atom stereocenters. The summed E-state index contributed by atoms with van der Waals surface area (Å²) in [6, 6.07) is 26.0. The Morgan fingerprint density at radius 1 is 0.938 bits per heavy atom. The van der Waals surface area contributed by atoms with Crippen molar-refractivity contribution in [3.05, 3.63) is 118 Å². The van der Waals surface area contributed by atoms with Crippen molar-refractivity contribution in [1.82, 2.24) is 4.98 Å². The molecule has 0 saturated carbocycles. The minimum Gasteiger partial charge on any atom is -0.510 e. The number of aliphatic hydroxyl groups excluding tert-OH is 1. The van der Waals surface area contributed by atoms with E-state index >= 15 is 0 Å². The first kappa shape index (κ1) is 20.3. The van der Waals surface area contributed by atoms with Crippen molar-refractivity contribution in [2.75, 3.05) is 0 Å². The highest BCUT2D eigenvalue weighted by atomic mass is 16.3. The molecular formula is C29H27NO2. The summed E-state index contributed by atoms with van der Waals surface area (Å²) in [5.41, 5.74) is 5.69. The van der Waals surface area contributed by atoms with Crippen LogP contribution >= 0.6 is 0 Å². The highest BCUT2D eigenvalue weighted by Gasteiger charge is 2.56. The van der Waals surface area contributed by atoms with Gasteiger partial charge in [-0.3, -0.25) is 4.79 Å². The Bertz CT molecular complexity index is 1350. The van der Waals surface area contributed by atoms with E-state index in [0.717, 1.165) is 33.3 Å². The summed E-state index contributed by atoms with van der Waals surface area (Å²) >= 11 is 0. The number of carbonyl (C=O) groups excluding carboxylic acids is 1. The van der Waals surface area contributed by atoms with Crippen molar-refractivity contribution in [3.8, 4) is 0 Å². The SMILES string of the molecule is CCC1(c2ccccc2)C(=O)C(C(c2ccccc2)c2[nH]c3ccc(C)cc3c2C)=C1O. The van der Waals surface area contributed by atoms with Crippen LogP contribution in [0.3, 0.4) is 0 Å². The monoisotopic (exact) mass is 421 g/mol. The van der Waals surface area contributed by atoms with Gasteiger partial charge in [-0.25, -0.2) is 0 Å². The Kier molecular flexibility index (Phi) is 4.78. The summed E-state index contributed by atoms with van der Waals surface area (Å²) < 4.78 is 0. The first-order chi connectivity index (χ1) is 15.5. The summed E-state index contributed by atoms with van der Waals surface area (Å²) in [5, 5.41) is 12.6. The number of hydrogen-bond acceptors (Lipinski definition) is 2. The fourth-order valence-corrected chi connectivity index (χ4v) is 5.28. The number of carbonyl (C=O) groups is 1. The van der Waals surface area contributed by atoms with E-state index in [-0.39, 0.29) is 17.5 Å². The second-order valence-electron chi connectivity index (χ2n) is 8.77. The number of benzene rings is 3. The summed E-state index contributed by atoms with van der Waals surface area (Å²) in [6.45, 7) is 6.14. The van der Waals surface area contributed by atoms with Gasteiger partial charge < -0.3 is 10.1 Å². The Balaban J connectivity index is 1.75. The third kappa shape index (κ3) is 2.77. The normalized spacial score (nSPS) is 19.3. The Labute approximate surface area is 188 Å². The lowest BCUT2D eigenvalue weighted by Crippen LogP contribution is -2.49. The molecule has 4 aromatic rings. The maximum absolute atomic E-state index is 13.9. The van der Waals surface area contributed by atoms with Crippen LogP contribution in [-0.4, -0.2) is 15.9 Å². The molecule has 5 rings (SSSR count). The zero-order valence-corrected chi connectivity index (χ0v) is 18.6. The summed E-state index contributed by atoms with van der Waals surface area (Å²) in [4.78, 5) is 17.4. The van der Waals surface area contributed by atoms with E-state index < -0.39 is 5.41 Å². The zero-order valence-electron chi connectivity index (χ0n) is 18.6. The van der Waals surface area contributed by atoms with Gasteiger partial charge in [0.25, 0.3) is 0 Å². The van der Waals surface area contributed by atoms with E-state index in [2.05, 4.69) is 37.0 Å². The zero-order chi connectivity index (χ0) is 22.5.